The smallest absolute Gasteiger partial charge is 0.344 e. The van der Waals surface area contributed by atoms with Gasteiger partial charge in [-0.15, -0.1) is 0 Å². The lowest BCUT2D eigenvalue weighted by Gasteiger charge is -2.29. The first kappa shape index (κ1) is 13.7. The molecule has 0 aliphatic carbocycles. The second-order valence-electron chi connectivity index (χ2n) is 4.64. The number of benzene rings is 1. The molecule has 19 heavy (non-hydrogen) atoms. The van der Waals surface area contributed by atoms with Gasteiger partial charge in [-0.25, -0.2) is 4.79 Å². The molecule has 4 heteroatoms. The molecule has 1 fully saturated rings. The summed E-state index contributed by atoms with van der Waals surface area (Å²) in [6.45, 7) is 4.34. The number of piperidine rings is 1. The van der Waals surface area contributed by atoms with E-state index in [9.17, 15) is 4.79 Å². The summed E-state index contributed by atoms with van der Waals surface area (Å²) >= 11 is 0. The molecule has 104 valence electrons. The first-order chi connectivity index (χ1) is 9.29. The summed E-state index contributed by atoms with van der Waals surface area (Å²) in [7, 11) is 0. The number of carbonyl (C=O) groups excluding carboxylic acids is 1. The number of nitrogens with zero attached hydrogens (tertiary/aromatic N) is 1. The molecule has 2 rings (SSSR count). The summed E-state index contributed by atoms with van der Waals surface area (Å²) in [4.78, 5) is 13.6. The van der Waals surface area contributed by atoms with Gasteiger partial charge in [0.05, 0.1) is 6.61 Å². The van der Waals surface area contributed by atoms with Gasteiger partial charge in [0.25, 0.3) is 0 Å². The highest BCUT2D eigenvalue weighted by Gasteiger charge is 2.11. The fraction of sp³-hybridized carbons (Fsp3) is 0.533. The van der Waals surface area contributed by atoms with Crippen LogP contribution in [0.4, 0.5) is 5.69 Å². The van der Waals surface area contributed by atoms with E-state index in [-0.39, 0.29) is 12.6 Å². The first-order valence-corrected chi connectivity index (χ1v) is 6.93. The minimum atomic E-state index is -0.328. The van der Waals surface area contributed by atoms with E-state index in [1.807, 2.05) is 18.2 Å². The fourth-order valence-corrected chi connectivity index (χ4v) is 2.27. The minimum Gasteiger partial charge on any atom is -0.482 e. The highest BCUT2D eigenvalue weighted by Crippen LogP contribution is 2.24. The molecule has 0 bridgehead atoms. The van der Waals surface area contributed by atoms with Crippen LogP contribution >= 0.6 is 0 Å². The normalized spacial score (nSPS) is 15.1. The number of carbonyl (C=O) groups is 1. The largest absolute Gasteiger partial charge is 0.482 e. The highest BCUT2D eigenvalue weighted by atomic mass is 16.6. The number of rotatable bonds is 5. The van der Waals surface area contributed by atoms with Gasteiger partial charge >= 0.3 is 5.97 Å². The number of ether oxygens (including phenoxy) is 2. The predicted molar refractivity (Wildman–Crippen MR) is 74.6 cm³/mol. The molecule has 0 unspecified atom stereocenters. The predicted octanol–water partition coefficient (Wildman–Crippen LogP) is 2.62. The van der Waals surface area contributed by atoms with E-state index in [2.05, 4.69) is 11.0 Å². The maximum Gasteiger partial charge on any atom is 0.344 e. The Morgan fingerprint density at radius 1 is 1.26 bits per heavy atom. The number of hydrogen-bond donors (Lipinski definition) is 0. The summed E-state index contributed by atoms with van der Waals surface area (Å²) in [5.41, 5.74) is 1.17. The molecule has 0 radical (unpaired) electrons. The zero-order valence-corrected chi connectivity index (χ0v) is 11.4. The van der Waals surface area contributed by atoms with Crippen molar-refractivity contribution in [3.05, 3.63) is 24.3 Å². The van der Waals surface area contributed by atoms with Crippen molar-refractivity contribution in [3.8, 4) is 5.75 Å². The fourth-order valence-electron chi connectivity index (χ4n) is 2.27. The van der Waals surface area contributed by atoms with Gasteiger partial charge in [0.1, 0.15) is 5.75 Å². The molecular formula is C15H21NO3. The third-order valence-electron chi connectivity index (χ3n) is 3.20. The van der Waals surface area contributed by atoms with Crippen molar-refractivity contribution in [1.82, 2.24) is 0 Å². The average Bonchev–Trinajstić information content (AvgIpc) is 2.47. The topological polar surface area (TPSA) is 38.8 Å². The van der Waals surface area contributed by atoms with Crippen LogP contribution in [0.1, 0.15) is 26.2 Å². The minimum absolute atomic E-state index is 0.0305. The maximum absolute atomic E-state index is 11.2. The van der Waals surface area contributed by atoms with Gasteiger partial charge in [-0.3, -0.25) is 0 Å². The van der Waals surface area contributed by atoms with Crippen molar-refractivity contribution < 1.29 is 14.3 Å². The maximum atomic E-state index is 11.2. The second kappa shape index (κ2) is 7.02. The van der Waals surface area contributed by atoms with Crippen LogP contribution in [0.5, 0.6) is 5.75 Å². The third kappa shape index (κ3) is 4.16. The molecule has 0 aromatic heterocycles. The van der Waals surface area contributed by atoms with Crippen molar-refractivity contribution in [2.24, 2.45) is 0 Å². The van der Waals surface area contributed by atoms with Crippen LogP contribution in [0.3, 0.4) is 0 Å². The van der Waals surface area contributed by atoms with E-state index >= 15 is 0 Å². The molecular weight excluding hydrogens is 242 g/mol. The Balaban J connectivity index is 1.92. The van der Waals surface area contributed by atoms with E-state index in [1.165, 1.54) is 24.9 Å². The van der Waals surface area contributed by atoms with E-state index in [0.29, 0.717) is 6.61 Å². The van der Waals surface area contributed by atoms with E-state index in [1.54, 1.807) is 6.92 Å². The average molecular weight is 263 g/mol. The molecule has 1 aliphatic rings. The molecule has 0 N–H and O–H groups in total. The monoisotopic (exact) mass is 263 g/mol. The molecule has 1 aliphatic heterocycles. The van der Waals surface area contributed by atoms with E-state index < -0.39 is 0 Å². The van der Waals surface area contributed by atoms with Gasteiger partial charge < -0.3 is 14.4 Å². The van der Waals surface area contributed by atoms with Gasteiger partial charge in [0.2, 0.25) is 0 Å². The van der Waals surface area contributed by atoms with Gasteiger partial charge in [0, 0.05) is 24.8 Å². The second-order valence-corrected chi connectivity index (χ2v) is 4.64. The first-order valence-electron chi connectivity index (χ1n) is 6.93. The lowest BCUT2D eigenvalue weighted by Crippen LogP contribution is -2.29. The van der Waals surface area contributed by atoms with Crippen LogP contribution in [0.15, 0.2) is 24.3 Å². The van der Waals surface area contributed by atoms with Crippen molar-refractivity contribution in [3.63, 3.8) is 0 Å². The summed E-state index contributed by atoms with van der Waals surface area (Å²) < 4.78 is 10.3. The van der Waals surface area contributed by atoms with Gasteiger partial charge in [-0.05, 0) is 38.3 Å². The van der Waals surface area contributed by atoms with Gasteiger partial charge in [-0.2, -0.15) is 0 Å². The number of anilines is 1. The summed E-state index contributed by atoms with van der Waals surface area (Å²) in [5, 5.41) is 0. The molecule has 1 aromatic rings. The van der Waals surface area contributed by atoms with E-state index in [4.69, 9.17) is 9.47 Å². The van der Waals surface area contributed by atoms with Crippen LogP contribution < -0.4 is 9.64 Å². The lowest BCUT2D eigenvalue weighted by molar-refractivity contribution is -0.145. The lowest BCUT2D eigenvalue weighted by atomic mass is 10.1. The van der Waals surface area contributed by atoms with Gasteiger partial charge in [0.15, 0.2) is 6.61 Å². The van der Waals surface area contributed by atoms with Crippen LogP contribution in [-0.4, -0.2) is 32.3 Å². The summed E-state index contributed by atoms with van der Waals surface area (Å²) in [6.07, 6.45) is 3.80. The molecule has 1 aromatic carbocycles. The van der Waals surface area contributed by atoms with Crippen LogP contribution in [-0.2, 0) is 9.53 Å². The summed E-state index contributed by atoms with van der Waals surface area (Å²) in [5.74, 6) is 0.391. The molecule has 0 atom stereocenters. The van der Waals surface area contributed by atoms with Crippen molar-refractivity contribution in [1.29, 1.82) is 0 Å². The van der Waals surface area contributed by atoms with Crippen LogP contribution in [0.2, 0.25) is 0 Å². The molecule has 0 saturated carbocycles. The Bertz CT molecular complexity index is 414. The Hall–Kier alpha value is -1.71. The number of hydrogen-bond acceptors (Lipinski definition) is 4. The Morgan fingerprint density at radius 2 is 2.05 bits per heavy atom. The Labute approximate surface area is 114 Å². The van der Waals surface area contributed by atoms with E-state index in [0.717, 1.165) is 18.8 Å². The molecule has 1 saturated heterocycles. The SMILES string of the molecule is CCOC(=O)COc1cccc(N2CCCCC2)c1. The molecule has 1 heterocycles. The Morgan fingerprint density at radius 3 is 2.79 bits per heavy atom. The van der Waals surface area contributed by atoms with Crippen molar-refractivity contribution in [2.45, 2.75) is 26.2 Å². The quantitative estimate of drug-likeness (QED) is 0.765. The molecule has 4 nitrogen and oxygen atoms in total. The van der Waals surface area contributed by atoms with Crippen molar-refractivity contribution >= 4 is 11.7 Å². The zero-order chi connectivity index (χ0) is 13.5. The van der Waals surface area contributed by atoms with Crippen LogP contribution in [0, 0.1) is 0 Å². The van der Waals surface area contributed by atoms with Gasteiger partial charge in [-0.1, -0.05) is 6.07 Å². The van der Waals surface area contributed by atoms with Crippen molar-refractivity contribution in [2.75, 3.05) is 31.2 Å². The molecule has 0 spiro atoms. The Kier molecular flexibility index (Phi) is 5.07. The van der Waals surface area contributed by atoms with Crippen LogP contribution in [0.25, 0.3) is 0 Å². The third-order valence-corrected chi connectivity index (χ3v) is 3.20. The summed E-state index contributed by atoms with van der Waals surface area (Å²) in [6, 6.07) is 7.91. The molecule has 0 amide bonds. The zero-order valence-electron chi connectivity index (χ0n) is 11.4. The highest BCUT2D eigenvalue weighted by molar-refractivity contribution is 5.71. The standard InChI is InChI=1S/C15H21NO3/c1-2-18-15(17)12-19-14-8-6-7-13(11-14)16-9-4-3-5-10-16/h6-8,11H,2-5,9-10,12H2,1H3. The number of esters is 1.